The fourth-order valence-corrected chi connectivity index (χ4v) is 4.44. The zero-order chi connectivity index (χ0) is 17.2. The van der Waals surface area contributed by atoms with Crippen LogP contribution in [0.1, 0.15) is 51.2 Å². The number of carbonyl (C=O) groups is 1. The highest BCUT2D eigenvalue weighted by Crippen LogP contribution is 2.44. The van der Waals surface area contributed by atoms with Gasteiger partial charge in [0.25, 0.3) is 0 Å². The van der Waals surface area contributed by atoms with Crippen LogP contribution in [-0.4, -0.2) is 5.78 Å². The molecule has 0 bridgehead atoms. The minimum Gasteiger partial charge on any atom is -0.289 e. The number of hydrogen-bond acceptors (Lipinski definition) is 3. The molecule has 3 heteroatoms. The molecule has 0 N–H and O–H groups in total. The maximum absolute atomic E-state index is 13.0. The third kappa shape index (κ3) is 3.79. The highest BCUT2D eigenvalue weighted by atomic mass is 32.1. The number of ketones is 1. The van der Waals surface area contributed by atoms with Gasteiger partial charge in [-0.05, 0) is 81.1 Å². The largest absolute Gasteiger partial charge is 0.289 e. The van der Waals surface area contributed by atoms with Crippen LogP contribution in [0.4, 0.5) is 0 Å². The van der Waals surface area contributed by atoms with E-state index in [9.17, 15) is 4.79 Å². The Bertz CT molecular complexity index is 690. The fourth-order valence-electron chi connectivity index (χ4n) is 3.20. The number of allylic oxidation sites excluding steroid dienone is 2. The fraction of sp³-hybridized carbons (Fsp3) is 0.381. The Morgan fingerprint density at radius 1 is 1.04 bits per heavy atom. The van der Waals surface area contributed by atoms with Crippen LogP contribution in [-0.2, 0) is 4.79 Å². The van der Waals surface area contributed by atoms with Gasteiger partial charge in [-0.15, -0.1) is 0 Å². The van der Waals surface area contributed by atoms with Crippen LogP contribution in [0.25, 0.3) is 12.2 Å². The first-order chi connectivity index (χ1) is 11.5. The summed E-state index contributed by atoms with van der Waals surface area (Å²) in [6.45, 7) is 6.91. The SMILES string of the molecule is CCC(C)(C)C1C/C(=C/c2ccsc2)C(=O)/C(=C\c2ccsc2)C1. The van der Waals surface area contributed by atoms with E-state index in [0.717, 1.165) is 41.5 Å². The lowest BCUT2D eigenvalue weighted by Crippen LogP contribution is -2.30. The number of hydrogen-bond donors (Lipinski definition) is 0. The molecule has 0 radical (unpaired) electrons. The Balaban J connectivity index is 1.98. The van der Waals surface area contributed by atoms with Crippen molar-refractivity contribution in [1.29, 1.82) is 0 Å². The number of Topliss-reactive ketones (excluding diaryl/α,β-unsaturated/α-hetero) is 1. The second-order valence-electron chi connectivity index (χ2n) is 7.23. The van der Waals surface area contributed by atoms with Crippen LogP contribution >= 0.6 is 22.7 Å². The van der Waals surface area contributed by atoms with Crippen molar-refractivity contribution in [2.75, 3.05) is 0 Å². The van der Waals surface area contributed by atoms with Crippen molar-refractivity contribution < 1.29 is 4.79 Å². The van der Waals surface area contributed by atoms with E-state index >= 15 is 0 Å². The molecule has 0 atom stereocenters. The topological polar surface area (TPSA) is 17.1 Å². The van der Waals surface area contributed by atoms with E-state index in [4.69, 9.17) is 0 Å². The van der Waals surface area contributed by atoms with Gasteiger partial charge in [-0.3, -0.25) is 4.79 Å². The molecule has 1 aliphatic carbocycles. The lowest BCUT2D eigenvalue weighted by Gasteiger charge is -2.37. The Hall–Kier alpha value is -1.45. The molecule has 0 amide bonds. The van der Waals surface area contributed by atoms with E-state index < -0.39 is 0 Å². The van der Waals surface area contributed by atoms with Crippen molar-refractivity contribution >= 4 is 40.6 Å². The molecule has 0 aliphatic heterocycles. The first-order valence-corrected chi connectivity index (χ1v) is 10.4. The summed E-state index contributed by atoms with van der Waals surface area (Å²) in [4.78, 5) is 13.0. The Kier molecular flexibility index (Phi) is 5.21. The van der Waals surface area contributed by atoms with Crippen molar-refractivity contribution in [2.45, 2.75) is 40.0 Å². The lowest BCUT2D eigenvalue weighted by atomic mass is 9.66. The summed E-state index contributed by atoms with van der Waals surface area (Å²) in [6.07, 6.45) is 7.09. The molecule has 1 aliphatic rings. The average molecular weight is 357 g/mol. The molecule has 0 saturated heterocycles. The van der Waals surface area contributed by atoms with Gasteiger partial charge in [-0.25, -0.2) is 0 Å². The Morgan fingerprint density at radius 2 is 1.54 bits per heavy atom. The van der Waals surface area contributed by atoms with Gasteiger partial charge in [0.15, 0.2) is 5.78 Å². The van der Waals surface area contributed by atoms with Gasteiger partial charge < -0.3 is 0 Å². The van der Waals surface area contributed by atoms with Crippen LogP contribution < -0.4 is 0 Å². The summed E-state index contributed by atoms with van der Waals surface area (Å²) < 4.78 is 0. The van der Waals surface area contributed by atoms with Crippen LogP contribution in [0.2, 0.25) is 0 Å². The van der Waals surface area contributed by atoms with E-state index in [2.05, 4.69) is 66.6 Å². The molecular weight excluding hydrogens is 332 g/mol. The molecule has 0 spiro atoms. The first kappa shape index (κ1) is 17.4. The van der Waals surface area contributed by atoms with Crippen molar-refractivity contribution in [3.8, 4) is 0 Å². The zero-order valence-electron chi connectivity index (χ0n) is 14.5. The van der Waals surface area contributed by atoms with Gasteiger partial charge >= 0.3 is 0 Å². The summed E-state index contributed by atoms with van der Waals surface area (Å²) in [5.41, 5.74) is 4.46. The van der Waals surface area contributed by atoms with E-state index in [1.54, 1.807) is 22.7 Å². The van der Waals surface area contributed by atoms with Crippen molar-refractivity contribution in [3.05, 3.63) is 55.9 Å². The molecular formula is C21H24OS2. The summed E-state index contributed by atoms with van der Waals surface area (Å²) in [7, 11) is 0. The van der Waals surface area contributed by atoms with Gasteiger partial charge in [0.2, 0.25) is 0 Å². The zero-order valence-corrected chi connectivity index (χ0v) is 16.2. The summed E-state index contributed by atoms with van der Waals surface area (Å²) >= 11 is 3.35. The Labute approximate surface area is 152 Å². The predicted octanol–water partition coefficient (Wildman–Crippen LogP) is 6.69. The molecule has 0 aromatic carbocycles. The van der Waals surface area contributed by atoms with E-state index in [0.29, 0.717) is 5.92 Å². The molecule has 2 aromatic rings. The molecule has 0 unspecified atom stereocenters. The van der Waals surface area contributed by atoms with Crippen LogP contribution in [0, 0.1) is 11.3 Å². The quantitative estimate of drug-likeness (QED) is 0.558. The molecule has 2 heterocycles. The number of carbonyl (C=O) groups excluding carboxylic acids is 1. The molecule has 24 heavy (non-hydrogen) atoms. The minimum absolute atomic E-state index is 0.232. The third-order valence-electron chi connectivity index (χ3n) is 5.30. The number of thiophene rings is 2. The molecule has 1 fully saturated rings. The molecule has 1 nitrogen and oxygen atoms in total. The van der Waals surface area contributed by atoms with Crippen molar-refractivity contribution in [3.63, 3.8) is 0 Å². The maximum atomic E-state index is 13.0. The van der Waals surface area contributed by atoms with E-state index in [1.165, 1.54) is 0 Å². The maximum Gasteiger partial charge on any atom is 0.185 e. The Morgan fingerprint density at radius 3 is 1.92 bits per heavy atom. The smallest absolute Gasteiger partial charge is 0.185 e. The van der Waals surface area contributed by atoms with Crippen LogP contribution in [0.3, 0.4) is 0 Å². The summed E-state index contributed by atoms with van der Waals surface area (Å²) in [6, 6.07) is 4.17. The molecule has 126 valence electrons. The standard InChI is InChI=1S/C21H24OS2/c1-4-21(2,3)19-11-17(9-15-5-7-23-13-15)20(22)18(12-19)10-16-6-8-24-14-16/h5-10,13-14,19H,4,11-12H2,1-3H3/b17-9-,18-10-. The second-order valence-corrected chi connectivity index (χ2v) is 8.79. The average Bonchev–Trinajstić information content (AvgIpc) is 3.24. The van der Waals surface area contributed by atoms with Crippen molar-refractivity contribution in [2.24, 2.45) is 11.3 Å². The first-order valence-electron chi connectivity index (χ1n) is 8.50. The van der Waals surface area contributed by atoms with Crippen LogP contribution in [0.5, 0.6) is 0 Å². The van der Waals surface area contributed by atoms with Gasteiger partial charge in [0.05, 0.1) is 0 Å². The predicted molar refractivity (Wildman–Crippen MR) is 106 cm³/mol. The monoisotopic (exact) mass is 356 g/mol. The highest BCUT2D eigenvalue weighted by Gasteiger charge is 2.36. The highest BCUT2D eigenvalue weighted by molar-refractivity contribution is 7.08. The van der Waals surface area contributed by atoms with Gasteiger partial charge in [-0.2, -0.15) is 22.7 Å². The molecule has 1 saturated carbocycles. The van der Waals surface area contributed by atoms with Gasteiger partial charge in [0, 0.05) is 11.1 Å². The van der Waals surface area contributed by atoms with E-state index in [1.807, 2.05) is 0 Å². The van der Waals surface area contributed by atoms with Gasteiger partial charge in [0.1, 0.15) is 0 Å². The third-order valence-corrected chi connectivity index (χ3v) is 6.70. The molecule has 3 rings (SSSR count). The summed E-state index contributed by atoms with van der Waals surface area (Å²) in [5, 5.41) is 8.35. The molecule has 2 aromatic heterocycles. The van der Waals surface area contributed by atoms with Crippen LogP contribution in [0.15, 0.2) is 44.8 Å². The van der Waals surface area contributed by atoms with E-state index in [-0.39, 0.29) is 11.2 Å². The summed E-state index contributed by atoms with van der Waals surface area (Å²) in [5.74, 6) is 0.741. The minimum atomic E-state index is 0.232. The normalized spacial score (nSPS) is 22.5. The van der Waals surface area contributed by atoms with Crippen molar-refractivity contribution in [1.82, 2.24) is 0 Å². The second kappa shape index (κ2) is 7.20. The van der Waals surface area contributed by atoms with Gasteiger partial charge in [-0.1, -0.05) is 27.2 Å². The lowest BCUT2D eigenvalue weighted by molar-refractivity contribution is -0.113. The number of rotatable bonds is 4.